The van der Waals surface area contributed by atoms with Gasteiger partial charge in [-0.2, -0.15) is 4.98 Å². The van der Waals surface area contributed by atoms with Gasteiger partial charge in [0, 0.05) is 36.3 Å². The van der Waals surface area contributed by atoms with Crippen LogP contribution in [0, 0.1) is 13.8 Å². The highest BCUT2D eigenvalue weighted by Gasteiger charge is 2.08. The molecule has 0 bridgehead atoms. The van der Waals surface area contributed by atoms with E-state index in [9.17, 15) is 0 Å². The van der Waals surface area contributed by atoms with Crippen LogP contribution in [0.3, 0.4) is 0 Å². The van der Waals surface area contributed by atoms with Gasteiger partial charge in [0.25, 0.3) is 0 Å². The number of pyridine rings is 1. The van der Waals surface area contributed by atoms with E-state index in [1.165, 1.54) is 5.56 Å². The fraction of sp³-hybridized carbons (Fsp3) is 0.211. The van der Waals surface area contributed by atoms with Crippen LogP contribution in [-0.2, 0) is 0 Å². The lowest BCUT2D eigenvalue weighted by atomic mass is 10.1. The number of hydrogen-bond donors (Lipinski definition) is 3. The molecular formula is C19H21N5O. The molecule has 25 heavy (non-hydrogen) atoms. The average Bonchev–Trinajstić information content (AvgIpc) is 2.63. The van der Waals surface area contributed by atoms with Gasteiger partial charge in [0.1, 0.15) is 5.82 Å². The minimum atomic E-state index is 0.0141. The summed E-state index contributed by atoms with van der Waals surface area (Å²) < 4.78 is 0. The Morgan fingerprint density at radius 2 is 1.96 bits per heavy atom. The molecule has 6 heteroatoms. The highest BCUT2D eigenvalue weighted by atomic mass is 16.3. The highest BCUT2D eigenvalue weighted by molar-refractivity contribution is 5.68. The summed E-state index contributed by atoms with van der Waals surface area (Å²) in [5, 5.41) is 15.4. The van der Waals surface area contributed by atoms with Gasteiger partial charge in [-0.25, -0.2) is 4.98 Å². The normalized spacial score (nSPS) is 10.5. The van der Waals surface area contributed by atoms with Gasteiger partial charge in [-0.3, -0.25) is 4.98 Å². The Morgan fingerprint density at radius 1 is 1.08 bits per heavy atom. The van der Waals surface area contributed by atoms with E-state index in [0.717, 1.165) is 22.5 Å². The second-order valence-electron chi connectivity index (χ2n) is 5.80. The fourth-order valence-electron chi connectivity index (χ4n) is 2.43. The van der Waals surface area contributed by atoms with E-state index < -0.39 is 0 Å². The van der Waals surface area contributed by atoms with Crippen LogP contribution in [0.4, 0.5) is 17.5 Å². The molecule has 3 aromatic rings. The van der Waals surface area contributed by atoms with E-state index in [-0.39, 0.29) is 6.61 Å². The molecule has 3 N–H and O–H groups in total. The van der Waals surface area contributed by atoms with E-state index in [4.69, 9.17) is 5.11 Å². The van der Waals surface area contributed by atoms with Crippen molar-refractivity contribution in [2.45, 2.75) is 13.8 Å². The zero-order chi connectivity index (χ0) is 17.6. The quantitative estimate of drug-likeness (QED) is 0.641. The predicted octanol–water partition coefficient (Wildman–Crippen LogP) is 3.30. The molecule has 0 fully saturated rings. The van der Waals surface area contributed by atoms with Crippen molar-refractivity contribution >= 4 is 17.5 Å². The molecule has 1 aromatic carbocycles. The lowest BCUT2D eigenvalue weighted by Crippen LogP contribution is -2.10. The Hall–Kier alpha value is -2.99. The summed E-state index contributed by atoms with van der Waals surface area (Å²) in [4.78, 5) is 13.2. The molecule has 0 atom stereocenters. The molecule has 0 radical (unpaired) electrons. The number of aryl methyl sites for hydroxylation is 2. The number of aliphatic hydroxyl groups is 1. The molecule has 3 rings (SSSR count). The SMILES string of the molecule is Cc1ccc(C)c(Nc2cc(-c3cccnc3)nc(NCCO)n2)c1. The van der Waals surface area contributed by atoms with Gasteiger partial charge in [-0.15, -0.1) is 0 Å². The maximum absolute atomic E-state index is 9.04. The molecule has 0 unspecified atom stereocenters. The first-order valence-corrected chi connectivity index (χ1v) is 8.14. The number of nitrogens with zero attached hydrogens (tertiary/aromatic N) is 3. The Bertz CT molecular complexity index is 852. The molecule has 0 amide bonds. The van der Waals surface area contributed by atoms with E-state index in [2.05, 4.69) is 57.6 Å². The van der Waals surface area contributed by atoms with Gasteiger partial charge >= 0.3 is 0 Å². The van der Waals surface area contributed by atoms with Crippen LogP contribution < -0.4 is 10.6 Å². The number of aromatic nitrogens is 3. The second-order valence-corrected chi connectivity index (χ2v) is 5.80. The summed E-state index contributed by atoms with van der Waals surface area (Å²) in [6.07, 6.45) is 3.49. The molecular weight excluding hydrogens is 314 g/mol. The first kappa shape index (κ1) is 16.9. The number of benzene rings is 1. The second kappa shape index (κ2) is 7.72. The number of nitrogens with one attached hydrogen (secondary N) is 2. The molecule has 0 spiro atoms. The maximum Gasteiger partial charge on any atom is 0.225 e. The molecule has 6 nitrogen and oxygen atoms in total. The lowest BCUT2D eigenvalue weighted by molar-refractivity contribution is 0.311. The summed E-state index contributed by atoms with van der Waals surface area (Å²) in [5.41, 5.74) is 4.98. The van der Waals surface area contributed by atoms with Crippen molar-refractivity contribution in [2.24, 2.45) is 0 Å². The van der Waals surface area contributed by atoms with Crippen molar-refractivity contribution in [3.05, 3.63) is 59.9 Å². The number of hydrogen-bond acceptors (Lipinski definition) is 6. The molecule has 0 saturated carbocycles. The van der Waals surface area contributed by atoms with Crippen LogP contribution in [-0.4, -0.2) is 33.2 Å². The Labute approximate surface area is 147 Å². The Kier molecular flexibility index (Phi) is 5.20. The Balaban J connectivity index is 1.98. The summed E-state index contributed by atoms with van der Waals surface area (Å²) in [6.45, 7) is 4.51. The van der Waals surface area contributed by atoms with Gasteiger partial charge in [-0.1, -0.05) is 12.1 Å². The smallest absolute Gasteiger partial charge is 0.225 e. The van der Waals surface area contributed by atoms with E-state index in [1.54, 1.807) is 12.4 Å². The van der Waals surface area contributed by atoms with Crippen LogP contribution >= 0.6 is 0 Å². The number of aliphatic hydroxyl groups excluding tert-OH is 1. The first-order valence-electron chi connectivity index (χ1n) is 8.14. The largest absolute Gasteiger partial charge is 0.395 e. The number of anilines is 3. The minimum absolute atomic E-state index is 0.0141. The van der Waals surface area contributed by atoms with Gasteiger partial charge in [0.05, 0.1) is 12.3 Å². The van der Waals surface area contributed by atoms with E-state index in [1.807, 2.05) is 18.2 Å². The molecule has 0 aliphatic heterocycles. The van der Waals surface area contributed by atoms with Crippen LogP contribution in [0.15, 0.2) is 48.8 Å². The number of rotatable bonds is 6. The van der Waals surface area contributed by atoms with Crippen molar-refractivity contribution in [1.29, 1.82) is 0 Å². The third kappa shape index (κ3) is 4.30. The predicted molar refractivity (Wildman–Crippen MR) is 100 cm³/mol. The van der Waals surface area contributed by atoms with Gasteiger partial charge in [0.2, 0.25) is 5.95 Å². The first-order chi connectivity index (χ1) is 12.2. The van der Waals surface area contributed by atoms with Crippen LogP contribution in [0.25, 0.3) is 11.3 Å². The molecule has 2 aromatic heterocycles. The third-order valence-electron chi connectivity index (χ3n) is 3.73. The summed E-state index contributed by atoms with van der Waals surface area (Å²) in [5.74, 6) is 1.14. The van der Waals surface area contributed by atoms with Gasteiger partial charge in [-0.05, 0) is 43.2 Å². The minimum Gasteiger partial charge on any atom is -0.395 e. The molecule has 128 valence electrons. The van der Waals surface area contributed by atoms with Crippen molar-refractivity contribution in [1.82, 2.24) is 15.0 Å². The van der Waals surface area contributed by atoms with Crippen molar-refractivity contribution in [2.75, 3.05) is 23.8 Å². The zero-order valence-electron chi connectivity index (χ0n) is 14.3. The monoisotopic (exact) mass is 335 g/mol. The standard InChI is InChI=1S/C19H21N5O/c1-13-5-6-14(2)16(10-13)22-18-11-17(15-4-3-7-20-12-15)23-19(24-18)21-8-9-25/h3-7,10-12,25H,8-9H2,1-2H3,(H2,21,22,23,24). The highest BCUT2D eigenvalue weighted by Crippen LogP contribution is 2.25. The van der Waals surface area contributed by atoms with Gasteiger partial charge < -0.3 is 15.7 Å². The summed E-state index contributed by atoms with van der Waals surface area (Å²) in [6, 6.07) is 12.0. The maximum atomic E-state index is 9.04. The summed E-state index contributed by atoms with van der Waals surface area (Å²) >= 11 is 0. The van der Waals surface area contributed by atoms with Crippen LogP contribution in [0.1, 0.15) is 11.1 Å². The van der Waals surface area contributed by atoms with E-state index in [0.29, 0.717) is 18.3 Å². The molecule has 0 aliphatic carbocycles. The topological polar surface area (TPSA) is 83.0 Å². The van der Waals surface area contributed by atoms with Gasteiger partial charge in [0.15, 0.2) is 0 Å². The van der Waals surface area contributed by atoms with Crippen molar-refractivity contribution < 1.29 is 5.11 Å². The molecule has 0 saturated heterocycles. The zero-order valence-corrected chi connectivity index (χ0v) is 14.3. The van der Waals surface area contributed by atoms with Crippen molar-refractivity contribution in [3.8, 4) is 11.3 Å². The van der Waals surface area contributed by atoms with Crippen molar-refractivity contribution in [3.63, 3.8) is 0 Å². The molecule has 0 aliphatic rings. The Morgan fingerprint density at radius 3 is 2.72 bits per heavy atom. The summed E-state index contributed by atoms with van der Waals surface area (Å²) in [7, 11) is 0. The van der Waals surface area contributed by atoms with E-state index >= 15 is 0 Å². The fourth-order valence-corrected chi connectivity index (χ4v) is 2.43. The molecule has 2 heterocycles. The third-order valence-corrected chi connectivity index (χ3v) is 3.73. The van der Waals surface area contributed by atoms with Crippen LogP contribution in [0.2, 0.25) is 0 Å². The lowest BCUT2D eigenvalue weighted by Gasteiger charge is -2.13. The average molecular weight is 335 g/mol. The van der Waals surface area contributed by atoms with Crippen LogP contribution in [0.5, 0.6) is 0 Å².